The van der Waals surface area contributed by atoms with Gasteiger partial charge in [-0.3, -0.25) is 9.52 Å². The number of benzene rings is 3. The van der Waals surface area contributed by atoms with Crippen LogP contribution in [0.15, 0.2) is 53.4 Å². The molecule has 8 nitrogen and oxygen atoms in total. The molecule has 0 heterocycles. The second kappa shape index (κ2) is 12.2. The number of halogens is 1. The van der Waals surface area contributed by atoms with E-state index in [1.165, 1.54) is 12.0 Å². The van der Waals surface area contributed by atoms with Gasteiger partial charge in [0.05, 0.1) is 12.0 Å². The van der Waals surface area contributed by atoms with Gasteiger partial charge in [-0.1, -0.05) is 35.9 Å². The van der Waals surface area contributed by atoms with Crippen LogP contribution in [0.1, 0.15) is 39.0 Å². The zero-order valence-electron chi connectivity index (χ0n) is 23.0. The number of aryl methyl sites for hydroxylation is 4. The summed E-state index contributed by atoms with van der Waals surface area (Å²) in [6.07, 6.45) is 0.281. The van der Waals surface area contributed by atoms with Crippen LogP contribution >= 0.6 is 11.6 Å². The molecule has 0 fully saturated rings. The molecule has 3 aromatic carbocycles. The SMILES string of the molecule is COC(=O)[C@H](CCN)N(C)C(=O)c1c(C)cc(-c2cccc(NS(=O)(=O)c3cc(C)c(Cl)cc3C)c2)cc1C. The molecule has 0 aromatic heterocycles. The van der Waals surface area contributed by atoms with Gasteiger partial charge in [0.25, 0.3) is 15.9 Å². The van der Waals surface area contributed by atoms with Crippen molar-refractivity contribution < 1.29 is 22.7 Å². The van der Waals surface area contributed by atoms with Crippen molar-refractivity contribution in [2.75, 3.05) is 25.4 Å². The predicted octanol–water partition coefficient (Wildman–Crippen LogP) is 5.00. The number of carbonyl (C=O) groups excluding carboxylic acids is 2. The van der Waals surface area contributed by atoms with Crippen LogP contribution in [0.4, 0.5) is 5.69 Å². The molecule has 0 saturated heterocycles. The number of ether oxygens (including phenoxy) is 1. The molecule has 3 N–H and O–H groups in total. The first-order valence-electron chi connectivity index (χ1n) is 12.4. The highest BCUT2D eigenvalue weighted by atomic mass is 35.5. The molecule has 10 heteroatoms. The molecule has 0 aliphatic heterocycles. The first kappa shape index (κ1) is 30.1. The Bertz CT molecular complexity index is 1500. The van der Waals surface area contributed by atoms with Crippen LogP contribution in [0.3, 0.4) is 0 Å². The smallest absolute Gasteiger partial charge is 0.328 e. The van der Waals surface area contributed by atoms with Crippen LogP contribution in [0.2, 0.25) is 5.02 Å². The largest absolute Gasteiger partial charge is 0.467 e. The Kier molecular flexibility index (Phi) is 9.43. The number of hydrogen-bond acceptors (Lipinski definition) is 6. The molecule has 208 valence electrons. The molecule has 1 atom stereocenters. The zero-order chi connectivity index (χ0) is 29.1. The van der Waals surface area contributed by atoms with Crippen molar-refractivity contribution in [1.29, 1.82) is 0 Å². The van der Waals surface area contributed by atoms with Gasteiger partial charge >= 0.3 is 5.97 Å². The van der Waals surface area contributed by atoms with E-state index in [1.54, 1.807) is 51.2 Å². The molecular formula is C29H34ClN3O5S. The third kappa shape index (κ3) is 6.61. The Morgan fingerprint density at radius 3 is 2.21 bits per heavy atom. The molecule has 39 heavy (non-hydrogen) atoms. The van der Waals surface area contributed by atoms with Gasteiger partial charge in [-0.15, -0.1) is 0 Å². The van der Waals surface area contributed by atoms with Crippen LogP contribution < -0.4 is 10.5 Å². The second-order valence-corrected chi connectivity index (χ2v) is 11.6. The number of nitrogens with two attached hydrogens (primary N) is 1. The minimum atomic E-state index is -3.85. The van der Waals surface area contributed by atoms with Gasteiger partial charge in [0.2, 0.25) is 0 Å². The van der Waals surface area contributed by atoms with Crippen molar-refractivity contribution in [1.82, 2.24) is 4.90 Å². The Morgan fingerprint density at radius 2 is 1.62 bits per heavy atom. The number of nitrogens with one attached hydrogen (secondary N) is 1. The second-order valence-electron chi connectivity index (χ2n) is 9.57. The Hall–Kier alpha value is -3.40. The molecule has 0 radical (unpaired) electrons. The normalized spacial score (nSPS) is 12.1. The summed E-state index contributed by atoms with van der Waals surface area (Å²) in [5.74, 6) is -0.831. The number of carbonyl (C=O) groups is 2. The van der Waals surface area contributed by atoms with E-state index in [2.05, 4.69) is 4.72 Å². The molecule has 1 amide bonds. The Morgan fingerprint density at radius 1 is 0.974 bits per heavy atom. The van der Waals surface area contributed by atoms with Crippen molar-refractivity contribution >= 4 is 39.2 Å². The van der Waals surface area contributed by atoms with E-state index in [9.17, 15) is 18.0 Å². The van der Waals surface area contributed by atoms with Crippen molar-refractivity contribution in [3.8, 4) is 11.1 Å². The molecule has 0 aliphatic rings. The van der Waals surface area contributed by atoms with Gasteiger partial charge in [0.1, 0.15) is 6.04 Å². The average molecular weight is 572 g/mol. The minimum Gasteiger partial charge on any atom is -0.467 e. The summed E-state index contributed by atoms with van der Waals surface area (Å²) in [6, 6.07) is 13.2. The van der Waals surface area contributed by atoms with Crippen molar-refractivity contribution in [3.63, 3.8) is 0 Å². The molecule has 0 unspecified atom stereocenters. The lowest BCUT2D eigenvalue weighted by Crippen LogP contribution is -2.44. The maximum Gasteiger partial charge on any atom is 0.328 e. The number of likely N-dealkylation sites (N-methyl/N-ethyl adjacent to an activating group) is 1. The summed E-state index contributed by atoms with van der Waals surface area (Å²) in [4.78, 5) is 27.1. The van der Waals surface area contributed by atoms with Gasteiger partial charge in [0, 0.05) is 23.3 Å². The van der Waals surface area contributed by atoms with E-state index >= 15 is 0 Å². The Labute approximate surface area is 235 Å². The highest BCUT2D eigenvalue weighted by Crippen LogP contribution is 2.30. The predicted molar refractivity (Wildman–Crippen MR) is 155 cm³/mol. The highest BCUT2D eigenvalue weighted by molar-refractivity contribution is 7.92. The quantitative estimate of drug-likeness (QED) is 0.349. The van der Waals surface area contributed by atoms with Crippen LogP contribution in [0.25, 0.3) is 11.1 Å². The standard InChI is InChI=1S/C29H34ClN3O5S/c1-17-15-26(18(2)14-24(17)30)39(36,37)32-23-9-7-8-21(16-23)22-12-19(3)27(20(4)13-22)28(34)33(5)25(10-11-31)29(35)38-6/h7-9,12-16,25,32H,10-11,31H2,1-6H3/t25-/m0/s1. The molecule has 0 bridgehead atoms. The number of esters is 1. The van der Waals surface area contributed by atoms with Crippen molar-refractivity contribution in [2.45, 2.75) is 45.1 Å². The molecule has 0 aliphatic carbocycles. The first-order valence-corrected chi connectivity index (χ1v) is 14.2. The van der Waals surface area contributed by atoms with E-state index in [0.29, 0.717) is 27.4 Å². The van der Waals surface area contributed by atoms with Crippen LogP contribution in [-0.2, 0) is 19.6 Å². The van der Waals surface area contributed by atoms with Gasteiger partial charge in [0.15, 0.2) is 0 Å². The lowest BCUT2D eigenvalue weighted by atomic mass is 9.94. The van der Waals surface area contributed by atoms with E-state index in [4.69, 9.17) is 22.1 Å². The summed E-state index contributed by atoms with van der Waals surface area (Å²) in [6.45, 7) is 7.33. The maximum absolute atomic E-state index is 13.4. The number of hydrogen-bond donors (Lipinski definition) is 2. The third-order valence-electron chi connectivity index (χ3n) is 6.64. The topological polar surface area (TPSA) is 119 Å². The summed E-state index contributed by atoms with van der Waals surface area (Å²) in [5.41, 5.74) is 10.8. The fourth-order valence-electron chi connectivity index (χ4n) is 4.57. The van der Waals surface area contributed by atoms with Crippen molar-refractivity contribution in [2.24, 2.45) is 5.73 Å². The van der Waals surface area contributed by atoms with Gasteiger partial charge in [-0.2, -0.15) is 0 Å². The Balaban J connectivity index is 1.93. The molecule has 0 saturated carbocycles. The molecular weight excluding hydrogens is 538 g/mol. The summed E-state index contributed by atoms with van der Waals surface area (Å²) in [7, 11) is -1.01. The van der Waals surface area contributed by atoms with Gasteiger partial charge < -0.3 is 15.4 Å². The fourth-order valence-corrected chi connectivity index (χ4v) is 6.15. The van der Waals surface area contributed by atoms with E-state index in [1.807, 2.05) is 32.0 Å². The summed E-state index contributed by atoms with van der Waals surface area (Å²) in [5, 5.41) is 0.507. The summed E-state index contributed by atoms with van der Waals surface area (Å²) >= 11 is 6.14. The minimum absolute atomic E-state index is 0.161. The fraction of sp³-hybridized carbons (Fsp3) is 0.310. The van der Waals surface area contributed by atoms with E-state index < -0.39 is 22.0 Å². The molecule has 3 rings (SSSR count). The number of amides is 1. The van der Waals surface area contributed by atoms with Crippen LogP contribution in [0, 0.1) is 27.7 Å². The lowest BCUT2D eigenvalue weighted by molar-refractivity contribution is -0.145. The number of anilines is 1. The summed E-state index contributed by atoms with van der Waals surface area (Å²) < 4.78 is 33.8. The number of rotatable bonds is 9. The van der Waals surface area contributed by atoms with Crippen molar-refractivity contribution in [3.05, 3.63) is 81.4 Å². The number of nitrogens with zero attached hydrogens (tertiary/aromatic N) is 1. The molecule has 0 spiro atoms. The van der Waals surface area contributed by atoms with Crippen LogP contribution in [-0.4, -0.2) is 51.9 Å². The monoisotopic (exact) mass is 571 g/mol. The van der Waals surface area contributed by atoms with Gasteiger partial charge in [-0.25, -0.2) is 13.2 Å². The molecule has 3 aromatic rings. The van der Waals surface area contributed by atoms with E-state index in [0.717, 1.165) is 22.3 Å². The van der Waals surface area contributed by atoms with Crippen LogP contribution in [0.5, 0.6) is 0 Å². The maximum atomic E-state index is 13.4. The first-order chi connectivity index (χ1) is 18.3. The van der Waals surface area contributed by atoms with Gasteiger partial charge in [-0.05, 0) is 98.3 Å². The average Bonchev–Trinajstić information content (AvgIpc) is 2.87. The highest BCUT2D eigenvalue weighted by Gasteiger charge is 2.29. The number of sulfonamides is 1. The number of methoxy groups -OCH3 is 1. The van der Waals surface area contributed by atoms with E-state index in [-0.39, 0.29) is 23.8 Å². The zero-order valence-corrected chi connectivity index (χ0v) is 24.5. The lowest BCUT2D eigenvalue weighted by Gasteiger charge is -2.27. The third-order valence-corrected chi connectivity index (χ3v) is 8.57.